The average Bonchev–Trinajstić information content (AvgIpc) is 3.52. The second kappa shape index (κ2) is 10.5. The van der Waals surface area contributed by atoms with Crippen LogP contribution < -0.4 is 10.2 Å². The van der Waals surface area contributed by atoms with Gasteiger partial charge in [0.25, 0.3) is 0 Å². The number of nitrogens with zero attached hydrogens (tertiary/aromatic N) is 4. The van der Waals surface area contributed by atoms with Crippen LogP contribution in [0.4, 0.5) is 11.6 Å². The van der Waals surface area contributed by atoms with Crippen molar-refractivity contribution in [2.45, 2.75) is 52.0 Å². The van der Waals surface area contributed by atoms with E-state index < -0.39 is 0 Å². The van der Waals surface area contributed by atoms with E-state index in [1.807, 2.05) is 30.0 Å². The SMILES string of the molecule is CCc1cnc(N(CCc2cscn2)Cc2ccc(NC(=O)C3CCCC3)cc2)nc1. The Morgan fingerprint density at radius 1 is 1.10 bits per heavy atom. The van der Waals surface area contributed by atoms with Gasteiger partial charge in [0.2, 0.25) is 11.9 Å². The zero-order valence-electron chi connectivity index (χ0n) is 18.0. The average molecular weight is 436 g/mol. The quantitative estimate of drug-likeness (QED) is 0.519. The van der Waals surface area contributed by atoms with Crippen LogP contribution >= 0.6 is 11.3 Å². The molecule has 1 aromatic carbocycles. The highest BCUT2D eigenvalue weighted by Gasteiger charge is 2.22. The predicted octanol–water partition coefficient (Wildman–Crippen LogP) is 4.87. The first-order valence-electron chi connectivity index (χ1n) is 11.0. The summed E-state index contributed by atoms with van der Waals surface area (Å²) in [5.41, 5.74) is 6.10. The molecule has 162 valence electrons. The van der Waals surface area contributed by atoms with Crippen LogP contribution in [0.1, 0.15) is 49.4 Å². The summed E-state index contributed by atoms with van der Waals surface area (Å²) in [5.74, 6) is 1.05. The van der Waals surface area contributed by atoms with Crippen LogP contribution in [0.15, 0.2) is 47.5 Å². The van der Waals surface area contributed by atoms with Crippen LogP contribution in [0, 0.1) is 5.92 Å². The number of nitrogens with one attached hydrogen (secondary N) is 1. The Hall–Kier alpha value is -2.80. The number of hydrogen-bond donors (Lipinski definition) is 1. The summed E-state index contributed by atoms with van der Waals surface area (Å²) in [4.78, 5) is 28.1. The molecular formula is C24H29N5OS. The summed E-state index contributed by atoms with van der Waals surface area (Å²) in [6.45, 7) is 3.59. The van der Waals surface area contributed by atoms with Gasteiger partial charge in [-0.25, -0.2) is 15.0 Å². The number of rotatable bonds is 9. The number of amides is 1. The van der Waals surface area contributed by atoms with Crippen molar-refractivity contribution in [2.24, 2.45) is 5.92 Å². The maximum Gasteiger partial charge on any atom is 0.227 e. The number of thiazole rings is 1. The molecule has 1 aliphatic carbocycles. The van der Waals surface area contributed by atoms with Crippen molar-refractivity contribution in [1.29, 1.82) is 0 Å². The molecule has 1 aliphatic rings. The third-order valence-corrected chi connectivity index (χ3v) is 6.46. The van der Waals surface area contributed by atoms with Gasteiger partial charge in [-0.05, 0) is 42.5 Å². The van der Waals surface area contributed by atoms with Crippen LogP contribution in [0.3, 0.4) is 0 Å². The molecule has 0 saturated heterocycles. The van der Waals surface area contributed by atoms with Gasteiger partial charge in [0.15, 0.2) is 0 Å². The fraction of sp³-hybridized carbons (Fsp3) is 0.417. The van der Waals surface area contributed by atoms with Crippen LogP contribution in [-0.4, -0.2) is 27.4 Å². The first-order valence-corrected chi connectivity index (χ1v) is 12.0. The molecule has 7 heteroatoms. The van der Waals surface area contributed by atoms with Gasteiger partial charge in [0.05, 0.1) is 11.2 Å². The van der Waals surface area contributed by atoms with Crippen LogP contribution in [0.2, 0.25) is 0 Å². The van der Waals surface area contributed by atoms with Gasteiger partial charge in [-0.15, -0.1) is 11.3 Å². The number of aryl methyl sites for hydroxylation is 1. The molecule has 0 aliphatic heterocycles. The van der Waals surface area contributed by atoms with Crippen molar-refractivity contribution >= 4 is 28.9 Å². The summed E-state index contributed by atoms with van der Waals surface area (Å²) in [5, 5.41) is 5.15. The van der Waals surface area contributed by atoms with E-state index in [0.717, 1.165) is 73.5 Å². The first-order chi connectivity index (χ1) is 15.2. The van der Waals surface area contributed by atoms with E-state index in [0.29, 0.717) is 6.54 Å². The number of benzene rings is 1. The zero-order chi connectivity index (χ0) is 21.5. The van der Waals surface area contributed by atoms with Crippen molar-refractivity contribution in [3.63, 3.8) is 0 Å². The maximum atomic E-state index is 12.4. The number of carbonyl (C=O) groups is 1. The standard InChI is InChI=1S/C24H29N5OS/c1-2-18-13-25-24(26-14-18)29(12-11-22-16-31-17-27-22)15-19-7-9-21(10-8-19)28-23(30)20-5-3-4-6-20/h7-10,13-14,16-17,20H,2-6,11-12,15H2,1H3,(H,28,30). The van der Waals surface area contributed by atoms with E-state index in [2.05, 4.69) is 49.6 Å². The predicted molar refractivity (Wildman–Crippen MR) is 125 cm³/mol. The molecule has 2 aromatic heterocycles. The molecule has 4 rings (SSSR count). The summed E-state index contributed by atoms with van der Waals surface area (Å²) in [7, 11) is 0. The normalized spacial score (nSPS) is 14.0. The van der Waals surface area contributed by atoms with Crippen molar-refractivity contribution in [3.8, 4) is 0 Å². The van der Waals surface area contributed by atoms with Crippen LogP contribution in [0.25, 0.3) is 0 Å². The Morgan fingerprint density at radius 2 is 1.84 bits per heavy atom. The lowest BCUT2D eigenvalue weighted by molar-refractivity contribution is -0.119. The van der Waals surface area contributed by atoms with E-state index in [9.17, 15) is 4.79 Å². The molecule has 6 nitrogen and oxygen atoms in total. The molecule has 2 heterocycles. The second-order valence-corrected chi connectivity index (χ2v) is 8.78. The lowest BCUT2D eigenvalue weighted by Crippen LogP contribution is -2.27. The Kier molecular flexibility index (Phi) is 7.25. The maximum absolute atomic E-state index is 12.4. The third kappa shape index (κ3) is 5.88. The van der Waals surface area contributed by atoms with Gasteiger partial charge in [0.1, 0.15) is 0 Å². The summed E-state index contributed by atoms with van der Waals surface area (Å²) in [6.07, 6.45) is 9.91. The van der Waals surface area contributed by atoms with Gasteiger partial charge in [-0.1, -0.05) is 31.9 Å². The Balaban J connectivity index is 1.42. The lowest BCUT2D eigenvalue weighted by atomic mass is 10.1. The smallest absolute Gasteiger partial charge is 0.227 e. The topological polar surface area (TPSA) is 71.0 Å². The van der Waals surface area contributed by atoms with Gasteiger partial charge in [0, 0.05) is 48.9 Å². The van der Waals surface area contributed by atoms with Crippen molar-refractivity contribution < 1.29 is 4.79 Å². The van der Waals surface area contributed by atoms with Crippen molar-refractivity contribution in [1.82, 2.24) is 15.0 Å². The Labute approximate surface area is 187 Å². The number of hydrogen-bond acceptors (Lipinski definition) is 6. The molecule has 1 amide bonds. The minimum Gasteiger partial charge on any atom is -0.336 e. The van der Waals surface area contributed by atoms with Crippen molar-refractivity contribution in [2.75, 3.05) is 16.8 Å². The largest absolute Gasteiger partial charge is 0.336 e. The van der Waals surface area contributed by atoms with Crippen LogP contribution in [-0.2, 0) is 24.2 Å². The molecular weight excluding hydrogens is 406 g/mol. The Bertz CT molecular complexity index is 951. The lowest BCUT2D eigenvalue weighted by Gasteiger charge is -2.22. The molecule has 3 aromatic rings. The highest BCUT2D eigenvalue weighted by atomic mass is 32.1. The minimum atomic E-state index is 0.152. The van der Waals surface area contributed by atoms with E-state index in [1.54, 1.807) is 11.3 Å². The zero-order valence-corrected chi connectivity index (χ0v) is 18.8. The molecule has 0 unspecified atom stereocenters. The summed E-state index contributed by atoms with van der Waals surface area (Å²) in [6, 6.07) is 8.12. The highest BCUT2D eigenvalue weighted by Crippen LogP contribution is 2.26. The van der Waals surface area contributed by atoms with Crippen molar-refractivity contribution in [3.05, 3.63) is 64.4 Å². The van der Waals surface area contributed by atoms with E-state index in [1.165, 1.54) is 0 Å². The molecule has 31 heavy (non-hydrogen) atoms. The molecule has 1 saturated carbocycles. The third-order valence-electron chi connectivity index (χ3n) is 5.82. The molecule has 0 spiro atoms. The summed E-state index contributed by atoms with van der Waals surface area (Å²) < 4.78 is 0. The Morgan fingerprint density at radius 3 is 2.48 bits per heavy atom. The highest BCUT2D eigenvalue weighted by molar-refractivity contribution is 7.07. The van der Waals surface area contributed by atoms with Crippen LogP contribution in [0.5, 0.6) is 0 Å². The monoisotopic (exact) mass is 435 g/mol. The fourth-order valence-corrected chi connectivity index (χ4v) is 4.49. The molecule has 1 N–H and O–H groups in total. The van der Waals surface area contributed by atoms with Gasteiger partial charge in [-0.3, -0.25) is 4.79 Å². The molecule has 0 bridgehead atoms. The summed E-state index contributed by atoms with van der Waals surface area (Å²) >= 11 is 1.62. The van der Waals surface area contributed by atoms with E-state index in [4.69, 9.17) is 0 Å². The van der Waals surface area contributed by atoms with E-state index in [-0.39, 0.29) is 11.8 Å². The molecule has 0 atom stereocenters. The molecule has 1 fully saturated rings. The first kappa shape index (κ1) is 21.4. The molecule has 0 radical (unpaired) electrons. The van der Waals surface area contributed by atoms with Gasteiger partial charge < -0.3 is 10.2 Å². The minimum absolute atomic E-state index is 0.152. The van der Waals surface area contributed by atoms with Gasteiger partial charge >= 0.3 is 0 Å². The van der Waals surface area contributed by atoms with Gasteiger partial charge in [-0.2, -0.15) is 0 Å². The second-order valence-electron chi connectivity index (χ2n) is 8.06. The number of carbonyl (C=O) groups excluding carboxylic acids is 1. The fourth-order valence-electron chi connectivity index (χ4n) is 3.90. The number of aromatic nitrogens is 3. The van der Waals surface area contributed by atoms with E-state index >= 15 is 0 Å². The number of anilines is 2.